The second-order valence-corrected chi connectivity index (χ2v) is 5.09. The SMILES string of the molecule is CCCNC(CC)c1cccc(OC2CCOC2)c1. The molecular formula is C16H25NO2. The molecule has 0 bridgehead atoms. The minimum atomic E-state index is 0.221. The molecule has 1 aromatic carbocycles. The van der Waals surface area contributed by atoms with Gasteiger partial charge in [-0.2, -0.15) is 0 Å². The molecule has 0 aliphatic carbocycles. The molecule has 0 radical (unpaired) electrons. The molecule has 2 atom stereocenters. The summed E-state index contributed by atoms with van der Waals surface area (Å²) >= 11 is 0. The molecule has 1 N–H and O–H groups in total. The predicted octanol–water partition coefficient (Wildman–Crippen LogP) is 3.31. The Morgan fingerprint density at radius 3 is 3.00 bits per heavy atom. The highest BCUT2D eigenvalue weighted by atomic mass is 16.5. The highest BCUT2D eigenvalue weighted by Gasteiger charge is 2.17. The van der Waals surface area contributed by atoms with Gasteiger partial charge in [0, 0.05) is 12.5 Å². The van der Waals surface area contributed by atoms with E-state index in [1.54, 1.807) is 0 Å². The first-order valence-corrected chi connectivity index (χ1v) is 7.41. The van der Waals surface area contributed by atoms with Crippen LogP contribution in [0.1, 0.15) is 44.7 Å². The van der Waals surface area contributed by atoms with Crippen molar-refractivity contribution in [2.24, 2.45) is 0 Å². The number of rotatable bonds is 7. The van der Waals surface area contributed by atoms with Crippen molar-refractivity contribution in [3.63, 3.8) is 0 Å². The van der Waals surface area contributed by atoms with E-state index in [2.05, 4.69) is 37.4 Å². The van der Waals surface area contributed by atoms with E-state index in [4.69, 9.17) is 9.47 Å². The largest absolute Gasteiger partial charge is 0.488 e. The first kappa shape index (κ1) is 14.4. The molecule has 0 amide bonds. The van der Waals surface area contributed by atoms with Gasteiger partial charge >= 0.3 is 0 Å². The molecule has 19 heavy (non-hydrogen) atoms. The molecule has 106 valence electrons. The molecule has 1 heterocycles. The third-order valence-electron chi connectivity index (χ3n) is 3.50. The van der Waals surface area contributed by atoms with Crippen LogP contribution in [0.15, 0.2) is 24.3 Å². The summed E-state index contributed by atoms with van der Waals surface area (Å²) < 4.78 is 11.3. The van der Waals surface area contributed by atoms with Gasteiger partial charge in [-0.25, -0.2) is 0 Å². The summed E-state index contributed by atoms with van der Waals surface area (Å²) in [5.74, 6) is 0.963. The first-order chi connectivity index (χ1) is 9.33. The summed E-state index contributed by atoms with van der Waals surface area (Å²) in [5.41, 5.74) is 1.31. The third kappa shape index (κ3) is 4.22. The number of benzene rings is 1. The molecule has 0 spiro atoms. The maximum atomic E-state index is 5.96. The normalized spacial score (nSPS) is 20.4. The first-order valence-electron chi connectivity index (χ1n) is 7.41. The fourth-order valence-electron chi connectivity index (χ4n) is 2.42. The van der Waals surface area contributed by atoms with Crippen LogP contribution < -0.4 is 10.1 Å². The molecule has 3 heteroatoms. The van der Waals surface area contributed by atoms with Crippen molar-refractivity contribution < 1.29 is 9.47 Å². The molecule has 0 saturated carbocycles. The van der Waals surface area contributed by atoms with E-state index in [1.807, 2.05) is 6.07 Å². The molecule has 1 fully saturated rings. The number of ether oxygens (including phenoxy) is 2. The van der Waals surface area contributed by atoms with Gasteiger partial charge < -0.3 is 14.8 Å². The molecule has 0 aromatic heterocycles. The Kier molecular flexibility index (Phi) is 5.67. The standard InChI is InChI=1S/C16H25NO2/c1-3-9-17-16(4-2)13-6-5-7-14(11-13)19-15-8-10-18-12-15/h5-7,11,15-17H,3-4,8-10,12H2,1-2H3. The molecule has 1 aliphatic heterocycles. The quantitative estimate of drug-likeness (QED) is 0.818. The van der Waals surface area contributed by atoms with Crippen LogP contribution in [0.4, 0.5) is 0 Å². The van der Waals surface area contributed by atoms with Crippen molar-refractivity contribution in [3.05, 3.63) is 29.8 Å². The van der Waals surface area contributed by atoms with Gasteiger partial charge in [0.2, 0.25) is 0 Å². The van der Waals surface area contributed by atoms with Crippen molar-refractivity contribution >= 4 is 0 Å². The zero-order valence-corrected chi connectivity index (χ0v) is 12.0. The van der Waals surface area contributed by atoms with E-state index in [-0.39, 0.29) is 6.10 Å². The Labute approximate surface area is 116 Å². The Morgan fingerprint density at radius 1 is 1.42 bits per heavy atom. The van der Waals surface area contributed by atoms with Crippen molar-refractivity contribution in [1.82, 2.24) is 5.32 Å². The highest BCUT2D eigenvalue weighted by molar-refractivity contribution is 5.30. The van der Waals surface area contributed by atoms with E-state index >= 15 is 0 Å². The molecule has 3 nitrogen and oxygen atoms in total. The number of hydrogen-bond acceptors (Lipinski definition) is 3. The summed E-state index contributed by atoms with van der Waals surface area (Å²) in [5, 5.41) is 3.58. The van der Waals surface area contributed by atoms with Gasteiger partial charge in [0.1, 0.15) is 11.9 Å². The fraction of sp³-hybridized carbons (Fsp3) is 0.625. The lowest BCUT2D eigenvalue weighted by molar-refractivity contribution is 0.141. The Balaban J connectivity index is 1.99. The number of nitrogens with one attached hydrogen (secondary N) is 1. The zero-order valence-electron chi connectivity index (χ0n) is 12.0. The van der Waals surface area contributed by atoms with Crippen LogP contribution in [-0.4, -0.2) is 25.9 Å². The second-order valence-electron chi connectivity index (χ2n) is 5.09. The van der Waals surface area contributed by atoms with Gasteiger partial charge in [-0.1, -0.05) is 26.0 Å². The summed E-state index contributed by atoms with van der Waals surface area (Å²) in [6, 6.07) is 8.87. The van der Waals surface area contributed by atoms with Gasteiger partial charge in [-0.05, 0) is 37.1 Å². The van der Waals surface area contributed by atoms with Crippen molar-refractivity contribution in [1.29, 1.82) is 0 Å². The van der Waals surface area contributed by atoms with Gasteiger partial charge in [0.15, 0.2) is 0 Å². The van der Waals surface area contributed by atoms with E-state index in [0.29, 0.717) is 6.04 Å². The van der Waals surface area contributed by atoms with E-state index < -0.39 is 0 Å². The van der Waals surface area contributed by atoms with Crippen LogP contribution in [0, 0.1) is 0 Å². The molecular weight excluding hydrogens is 238 g/mol. The maximum absolute atomic E-state index is 5.96. The van der Waals surface area contributed by atoms with Crippen LogP contribution in [0.25, 0.3) is 0 Å². The summed E-state index contributed by atoms with van der Waals surface area (Å²) in [7, 11) is 0. The third-order valence-corrected chi connectivity index (χ3v) is 3.50. The van der Waals surface area contributed by atoms with Crippen LogP contribution in [0.5, 0.6) is 5.75 Å². The monoisotopic (exact) mass is 263 g/mol. The molecule has 2 rings (SSSR count). The van der Waals surface area contributed by atoms with Gasteiger partial charge in [-0.15, -0.1) is 0 Å². The lowest BCUT2D eigenvalue weighted by atomic mass is 10.0. The predicted molar refractivity (Wildman–Crippen MR) is 77.6 cm³/mol. The maximum Gasteiger partial charge on any atom is 0.124 e. The lowest BCUT2D eigenvalue weighted by Crippen LogP contribution is -2.21. The molecule has 1 aliphatic rings. The average Bonchev–Trinajstić information content (AvgIpc) is 2.93. The molecule has 1 aromatic rings. The van der Waals surface area contributed by atoms with E-state index in [0.717, 1.165) is 44.8 Å². The van der Waals surface area contributed by atoms with E-state index in [1.165, 1.54) is 5.56 Å². The van der Waals surface area contributed by atoms with Gasteiger partial charge in [0.25, 0.3) is 0 Å². The summed E-state index contributed by atoms with van der Waals surface area (Å²) in [6.45, 7) is 7.00. The van der Waals surface area contributed by atoms with Gasteiger partial charge in [0.05, 0.1) is 13.2 Å². The second kappa shape index (κ2) is 7.51. The summed E-state index contributed by atoms with van der Waals surface area (Å²) in [4.78, 5) is 0. The minimum absolute atomic E-state index is 0.221. The van der Waals surface area contributed by atoms with Crippen LogP contribution in [0.3, 0.4) is 0 Å². The average molecular weight is 263 g/mol. The van der Waals surface area contributed by atoms with E-state index in [9.17, 15) is 0 Å². The molecule has 2 unspecified atom stereocenters. The van der Waals surface area contributed by atoms with Crippen LogP contribution in [0.2, 0.25) is 0 Å². The van der Waals surface area contributed by atoms with Crippen LogP contribution in [-0.2, 0) is 4.74 Å². The lowest BCUT2D eigenvalue weighted by Gasteiger charge is -2.19. The van der Waals surface area contributed by atoms with Gasteiger partial charge in [-0.3, -0.25) is 0 Å². The molecule has 1 saturated heterocycles. The highest BCUT2D eigenvalue weighted by Crippen LogP contribution is 2.23. The number of hydrogen-bond donors (Lipinski definition) is 1. The summed E-state index contributed by atoms with van der Waals surface area (Å²) in [6.07, 6.45) is 3.47. The Morgan fingerprint density at radius 2 is 2.32 bits per heavy atom. The van der Waals surface area contributed by atoms with Crippen molar-refractivity contribution in [3.8, 4) is 5.75 Å². The Bertz CT molecular complexity index is 375. The topological polar surface area (TPSA) is 30.5 Å². The van der Waals surface area contributed by atoms with Crippen LogP contribution >= 0.6 is 0 Å². The van der Waals surface area contributed by atoms with Crippen molar-refractivity contribution in [2.75, 3.05) is 19.8 Å². The zero-order chi connectivity index (χ0) is 13.5. The van der Waals surface area contributed by atoms with Crippen molar-refractivity contribution in [2.45, 2.75) is 45.3 Å². The smallest absolute Gasteiger partial charge is 0.124 e. The Hall–Kier alpha value is -1.06. The fourth-order valence-corrected chi connectivity index (χ4v) is 2.42. The minimum Gasteiger partial charge on any atom is -0.488 e.